The van der Waals surface area contributed by atoms with Crippen LogP contribution >= 0.6 is 0 Å². The third kappa shape index (κ3) is 3.40. The van der Waals surface area contributed by atoms with Crippen LogP contribution in [0, 0.1) is 6.92 Å². The van der Waals surface area contributed by atoms with Crippen LogP contribution in [0.15, 0.2) is 59.1 Å². The number of aromatic nitrogens is 2. The molecule has 148 valence electrons. The zero-order valence-electron chi connectivity index (χ0n) is 16.0. The fraction of sp³-hybridized carbons (Fsp3) is 0.273. The van der Waals surface area contributed by atoms with E-state index in [1.165, 1.54) is 0 Å². The summed E-state index contributed by atoms with van der Waals surface area (Å²) in [5, 5.41) is 13.7. The third-order valence-electron chi connectivity index (χ3n) is 5.56. The molecule has 4 rings (SSSR count). The Bertz CT molecular complexity index is 1040. The summed E-state index contributed by atoms with van der Waals surface area (Å²) in [7, 11) is 0. The van der Waals surface area contributed by atoms with E-state index < -0.39 is 11.4 Å². The molecule has 1 aliphatic heterocycles. The van der Waals surface area contributed by atoms with E-state index in [1.54, 1.807) is 30.0 Å². The second kappa shape index (κ2) is 7.50. The maximum absolute atomic E-state index is 13.2. The van der Waals surface area contributed by atoms with Gasteiger partial charge in [0, 0.05) is 13.1 Å². The third-order valence-corrected chi connectivity index (χ3v) is 5.56. The minimum Gasteiger partial charge on any atom is -0.481 e. The quantitative estimate of drug-likeness (QED) is 0.733. The van der Waals surface area contributed by atoms with E-state index in [0.29, 0.717) is 48.8 Å². The van der Waals surface area contributed by atoms with E-state index in [0.717, 1.165) is 5.56 Å². The highest BCUT2D eigenvalue weighted by Gasteiger charge is 2.44. The molecule has 7 nitrogen and oxygen atoms in total. The summed E-state index contributed by atoms with van der Waals surface area (Å²) in [6.45, 7) is 2.44. The van der Waals surface area contributed by atoms with Gasteiger partial charge in [0.2, 0.25) is 0 Å². The smallest absolute Gasteiger partial charge is 0.314 e. The first kappa shape index (κ1) is 18.9. The number of amides is 1. The highest BCUT2D eigenvalue weighted by molar-refractivity contribution is 6.00. The molecule has 2 aromatic carbocycles. The van der Waals surface area contributed by atoms with E-state index in [1.807, 2.05) is 36.4 Å². The molecule has 1 N–H and O–H groups in total. The average Bonchev–Trinajstić information content (AvgIpc) is 3.20. The lowest BCUT2D eigenvalue weighted by Crippen LogP contribution is -2.49. The number of carbonyl (C=O) groups is 2. The lowest BCUT2D eigenvalue weighted by atomic mass is 9.72. The van der Waals surface area contributed by atoms with E-state index in [2.05, 4.69) is 10.1 Å². The molecule has 1 amide bonds. The molecule has 1 aliphatic rings. The van der Waals surface area contributed by atoms with Crippen LogP contribution in [0.5, 0.6) is 0 Å². The number of hydrogen-bond donors (Lipinski definition) is 1. The SMILES string of the molecule is Cc1noc(-c2ccccc2C(=O)N2CCC(C(=O)O)(c3ccccc3)CC2)n1. The first-order valence-electron chi connectivity index (χ1n) is 9.49. The van der Waals surface area contributed by atoms with Crippen LogP contribution in [0.1, 0.15) is 34.6 Å². The summed E-state index contributed by atoms with van der Waals surface area (Å²) in [5.74, 6) is -0.219. The van der Waals surface area contributed by atoms with Gasteiger partial charge < -0.3 is 14.5 Å². The summed E-state index contributed by atoms with van der Waals surface area (Å²) >= 11 is 0. The van der Waals surface area contributed by atoms with E-state index >= 15 is 0 Å². The second-order valence-electron chi connectivity index (χ2n) is 7.24. The normalized spacial score (nSPS) is 15.8. The Hall–Kier alpha value is -3.48. The Balaban J connectivity index is 1.58. The largest absolute Gasteiger partial charge is 0.481 e. The maximum Gasteiger partial charge on any atom is 0.314 e. The number of carboxylic acids is 1. The Morgan fingerprint density at radius 3 is 2.31 bits per heavy atom. The second-order valence-corrected chi connectivity index (χ2v) is 7.24. The lowest BCUT2D eigenvalue weighted by molar-refractivity contribution is -0.145. The van der Waals surface area contributed by atoms with Crippen LogP contribution in [0.3, 0.4) is 0 Å². The van der Waals surface area contributed by atoms with Gasteiger partial charge in [0.15, 0.2) is 5.82 Å². The van der Waals surface area contributed by atoms with Crippen molar-refractivity contribution in [2.75, 3.05) is 13.1 Å². The van der Waals surface area contributed by atoms with Crippen molar-refractivity contribution in [3.8, 4) is 11.5 Å². The van der Waals surface area contributed by atoms with Crippen LogP contribution in [0.2, 0.25) is 0 Å². The number of aliphatic carboxylic acids is 1. The number of benzene rings is 2. The zero-order valence-corrected chi connectivity index (χ0v) is 16.0. The van der Waals surface area contributed by atoms with E-state index in [-0.39, 0.29) is 5.91 Å². The van der Waals surface area contributed by atoms with Crippen LogP contribution in [0.4, 0.5) is 0 Å². The fourth-order valence-electron chi connectivity index (χ4n) is 3.91. The van der Waals surface area contributed by atoms with Gasteiger partial charge in [-0.25, -0.2) is 0 Å². The molecule has 0 unspecified atom stereocenters. The molecule has 1 saturated heterocycles. The number of hydrogen-bond acceptors (Lipinski definition) is 5. The molecule has 1 fully saturated rings. The number of aryl methyl sites for hydroxylation is 1. The van der Waals surface area contributed by atoms with Gasteiger partial charge in [0.25, 0.3) is 11.8 Å². The molecule has 3 aromatic rings. The number of rotatable bonds is 4. The number of carboxylic acid groups (broad SMARTS) is 1. The first-order chi connectivity index (χ1) is 14.0. The molecule has 0 bridgehead atoms. The number of carbonyl (C=O) groups excluding carboxylic acids is 1. The van der Waals surface area contributed by atoms with Crippen molar-refractivity contribution in [2.24, 2.45) is 0 Å². The molecule has 0 aliphatic carbocycles. The maximum atomic E-state index is 13.2. The highest BCUT2D eigenvalue weighted by atomic mass is 16.5. The van der Waals surface area contributed by atoms with Crippen molar-refractivity contribution >= 4 is 11.9 Å². The summed E-state index contributed by atoms with van der Waals surface area (Å²) in [5.41, 5.74) is 0.859. The Labute approximate surface area is 168 Å². The molecule has 2 heterocycles. The summed E-state index contributed by atoms with van der Waals surface area (Å²) < 4.78 is 5.24. The standard InChI is InChI=1S/C22H21N3O4/c1-15-23-19(29-24-15)17-9-5-6-10-18(17)20(26)25-13-11-22(12-14-25,21(27)28)16-7-3-2-4-8-16/h2-10H,11-14H2,1H3,(H,27,28). The Morgan fingerprint density at radius 1 is 1.03 bits per heavy atom. The van der Waals surface area contributed by atoms with Gasteiger partial charge in [-0.1, -0.05) is 47.6 Å². The first-order valence-corrected chi connectivity index (χ1v) is 9.49. The van der Waals surface area contributed by atoms with Crippen molar-refractivity contribution in [3.05, 3.63) is 71.5 Å². The molecular formula is C22H21N3O4. The van der Waals surface area contributed by atoms with Crippen LogP contribution in [0.25, 0.3) is 11.5 Å². The van der Waals surface area contributed by atoms with Crippen LogP contribution in [-0.2, 0) is 10.2 Å². The minimum atomic E-state index is -0.971. The van der Waals surface area contributed by atoms with Crippen molar-refractivity contribution in [1.29, 1.82) is 0 Å². The highest BCUT2D eigenvalue weighted by Crippen LogP contribution is 2.36. The minimum absolute atomic E-state index is 0.163. The monoisotopic (exact) mass is 391 g/mol. The van der Waals surface area contributed by atoms with Gasteiger partial charge in [-0.15, -0.1) is 0 Å². The van der Waals surface area contributed by atoms with E-state index in [9.17, 15) is 14.7 Å². The number of piperidine rings is 1. The number of nitrogens with zero attached hydrogens (tertiary/aromatic N) is 3. The van der Waals surface area contributed by atoms with Crippen molar-refractivity contribution < 1.29 is 19.2 Å². The lowest BCUT2D eigenvalue weighted by Gasteiger charge is -2.39. The molecule has 0 atom stereocenters. The van der Waals surface area contributed by atoms with Gasteiger partial charge >= 0.3 is 5.97 Å². The average molecular weight is 391 g/mol. The Kier molecular flexibility index (Phi) is 4.88. The van der Waals surface area contributed by atoms with Crippen molar-refractivity contribution in [3.63, 3.8) is 0 Å². The Morgan fingerprint density at radius 2 is 1.69 bits per heavy atom. The summed E-state index contributed by atoms with van der Waals surface area (Å²) in [6, 6.07) is 16.4. The van der Waals surface area contributed by atoms with Crippen LogP contribution in [-0.4, -0.2) is 45.1 Å². The van der Waals surface area contributed by atoms with Gasteiger partial charge in [-0.2, -0.15) is 4.98 Å². The molecule has 1 aromatic heterocycles. The number of likely N-dealkylation sites (tertiary alicyclic amines) is 1. The predicted octanol–water partition coefficient (Wildman–Crippen LogP) is 3.30. The van der Waals surface area contributed by atoms with Gasteiger partial charge in [-0.3, -0.25) is 9.59 Å². The van der Waals surface area contributed by atoms with E-state index in [4.69, 9.17) is 4.52 Å². The molecule has 7 heteroatoms. The summed E-state index contributed by atoms with van der Waals surface area (Å²) in [4.78, 5) is 31.3. The predicted molar refractivity (Wildman–Crippen MR) is 105 cm³/mol. The van der Waals surface area contributed by atoms with Gasteiger partial charge in [-0.05, 0) is 37.5 Å². The van der Waals surface area contributed by atoms with Crippen LogP contribution < -0.4 is 0 Å². The molecule has 0 saturated carbocycles. The fourth-order valence-corrected chi connectivity index (χ4v) is 3.91. The van der Waals surface area contributed by atoms with Gasteiger partial charge in [0.05, 0.1) is 16.5 Å². The molecule has 0 spiro atoms. The van der Waals surface area contributed by atoms with Gasteiger partial charge in [0.1, 0.15) is 0 Å². The molecule has 0 radical (unpaired) electrons. The van der Waals surface area contributed by atoms with Crippen molar-refractivity contribution in [2.45, 2.75) is 25.2 Å². The zero-order chi connectivity index (χ0) is 20.4. The van der Waals surface area contributed by atoms with Crippen molar-refractivity contribution in [1.82, 2.24) is 15.0 Å². The topological polar surface area (TPSA) is 96.5 Å². The summed E-state index contributed by atoms with van der Waals surface area (Å²) in [6.07, 6.45) is 0.722. The molecule has 29 heavy (non-hydrogen) atoms. The molecular weight excluding hydrogens is 370 g/mol.